The van der Waals surface area contributed by atoms with Gasteiger partial charge in [0.15, 0.2) is 5.78 Å². The van der Waals surface area contributed by atoms with Crippen molar-refractivity contribution in [1.82, 2.24) is 0 Å². The lowest BCUT2D eigenvalue weighted by Gasteiger charge is -2.35. The molecule has 0 bridgehead atoms. The Morgan fingerprint density at radius 2 is 1.96 bits per heavy atom. The van der Waals surface area contributed by atoms with Crippen molar-refractivity contribution in [1.29, 1.82) is 0 Å². The molecule has 2 unspecified atom stereocenters. The van der Waals surface area contributed by atoms with Gasteiger partial charge in [0.1, 0.15) is 5.75 Å². The normalized spacial score (nSPS) is 28.1. The molecular formula is C20H25ClO2. The van der Waals surface area contributed by atoms with Gasteiger partial charge in [-0.2, -0.15) is 0 Å². The van der Waals surface area contributed by atoms with Gasteiger partial charge >= 0.3 is 0 Å². The number of methoxy groups -OCH3 is 1. The van der Waals surface area contributed by atoms with Gasteiger partial charge in [0.2, 0.25) is 0 Å². The summed E-state index contributed by atoms with van der Waals surface area (Å²) >= 11 is 6.39. The number of hydrogen-bond donors (Lipinski definition) is 0. The molecule has 0 amide bonds. The maximum absolute atomic E-state index is 12.5. The molecule has 0 N–H and O–H groups in total. The molecule has 2 aliphatic carbocycles. The van der Waals surface area contributed by atoms with Gasteiger partial charge in [-0.05, 0) is 54.0 Å². The molecule has 2 fully saturated rings. The highest BCUT2D eigenvalue weighted by molar-refractivity contribution is 6.34. The second-order valence-electron chi connectivity index (χ2n) is 6.88. The lowest BCUT2D eigenvalue weighted by molar-refractivity contribution is -0.116. The standard InChI is InChI=1S/C20H25ClO2/c1-23-18-9-5-6-14(11-18)10-17-12-16(13-19(21)20(17)22)15-7-3-2-4-8-15/h5-6,9-11,15-16,19H,2-4,7-8,12-13H2,1H3. The Balaban J connectivity index is 1.80. The van der Waals surface area contributed by atoms with Gasteiger partial charge in [-0.15, -0.1) is 11.6 Å². The number of carbonyl (C=O) groups excluding carboxylic acids is 1. The van der Waals surface area contributed by atoms with E-state index in [1.54, 1.807) is 7.11 Å². The highest BCUT2D eigenvalue weighted by atomic mass is 35.5. The molecule has 2 nitrogen and oxygen atoms in total. The van der Waals surface area contributed by atoms with Crippen molar-refractivity contribution in [2.24, 2.45) is 11.8 Å². The second kappa shape index (κ2) is 7.53. The topological polar surface area (TPSA) is 26.3 Å². The van der Waals surface area contributed by atoms with Crippen LogP contribution in [0.2, 0.25) is 0 Å². The van der Waals surface area contributed by atoms with Crippen molar-refractivity contribution in [3.63, 3.8) is 0 Å². The van der Waals surface area contributed by atoms with Crippen LogP contribution < -0.4 is 4.74 Å². The lowest BCUT2D eigenvalue weighted by atomic mass is 9.71. The Labute approximate surface area is 143 Å². The largest absolute Gasteiger partial charge is 0.497 e. The first-order valence-corrected chi connectivity index (χ1v) is 9.14. The van der Waals surface area contributed by atoms with E-state index in [2.05, 4.69) is 0 Å². The van der Waals surface area contributed by atoms with Crippen LogP contribution in [0.5, 0.6) is 5.75 Å². The number of halogens is 1. The summed E-state index contributed by atoms with van der Waals surface area (Å²) in [6.45, 7) is 0. The molecule has 3 heteroatoms. The van der Waals surface area contributed by atoms with E-state index in [0.717, 1.165) is 35.6 Å². The third kappa shape index (κ3) is 3.98. The highest BCUT2D eigenvalue weighted by Crippen LogP contribution is 2.40. The van der Waals surface area contributed by atoms with E-state index in [0.29, 0.717) is 5.92 Å². The van der Waals surface area contributed by atoms with E-state index >= 15 is 0 Å². The number of Topliss-reactive ketones (excluding diaryl/α,β-unsaturated/α-hetero) is 1. The molecule has 1 aromatic carbocycles. The minimum Gasteiger partial charge on any atom is -0.497 e. The number of ether oxygens (including phenoxy) is 1. The van der Waals surface area contributed by atoms with E-state index < -0.39 is 0 Å². The zero-order chi connectivity index (χ0) is 16.2. The molecule has 0 spiro atoms. The van der Waals surface area contributed by atoms with Crippen molar-refractivity contribution in [3.8, 4) is 5.75 Å². The maximum atomic E-state index is 12.5. The Kier molecular flexibility index (Phi) is 5.42. The molecule has 3 rings (SSSR count). The lowest BCUT2D eigenvalue weighted by Crippen LogP contribution is -2.32. The summed E-state index contributed by atoms with van der Waals surface area (Å²) in [5.74, 6) is 2.23. The van der Waals surface area contributed by atoms with E-state index in [1.165, 1.54) is 32.1 Å². The SMILES string of the molecule is COc1cccc(C=C2CC(C3CCCCC3)CC(Cl)C2=O)c1. The summed E-state index contributed by atoms with van der Waals surface area (Å²) in [7, 11) is 1.66. The maximum Gasteiger partial charge on any atom is 0.176 e. The van der Waals surface area contributed by atoms with E-state index in [4.69, 9.17) is 16.3 Å². The van der Waals surface area contributed by atoms with Gasteiger partial charge < -0.3 is 4.74 Å². The second-order valence-corrected chi connectivity index (χ2v) is 7.40. The quantitative estimate of drug-likeness (QED) is 0.558. The monoisotopic (exact) mass is 332 g/mol. The fraction of sp³-hybridized carbons (Fsp3) is 0.550. The number of hydrogen-bond acceptors (Lipinski definition) is 2. The summed E-state index contributed by atoms with van der Waals surface area (Å²) in [5, 5.41) is -0.354. The molecule has 2 atom stereocenters. The van der Waals surface area contributed by atoms with Crippen molar-refractivity contribution in [3.05, 3.63) is 35.4 Å². The summed E-state index contributed by atoms with van der Waals surface area (Å²) < 4.78 is 5.27. The highest BCUT2D eigenvalue weighted by Gasteiger charge is 2.35. The minimum atomic E-state index is -0.354. The first-order chi connectivity index (χ1) is 11.2. The van der Waals surface area contributed by atoms with Crippen LogP contribution in [0.1, 0.15) is 50.5 Å². The average molecular weight is 333 g/mol. The fourth-order valence-corrected chi connectivity index (χ4v) is 4.44. The zero-order valence-corrected chi connectivity index (χ0v) is 14.5. The van der Waals surface area contributed by atoms with Crippen LogP contribution in [-0.4, -0.2) is 18.3 Å². The summed E-state index contributed by atoms with van der Waals surface area (Å²) in [6, 6.07) is 7.85. The number of allylic oxidation sites excluding steroid dienone is 1. The smallest absolute Gasteiger partial charge is 0.176 e. The molecule has 0 aliphatic heterocycles. The number of alkyl halides is 1. The number of rotatable bonds is 3. The minimum absolute atomic E-state index is 0.113. The Morgan fingerprint density at radius 1 is 1.17 bits per heavy atom. The third-order valence-corrected chi connectivity index (χ3v) is 5.72. The number of ketones is 1. The van der Waals surface area contributed by atoms with Crippen LogP contribution in [0.3, 0.4) is 0 Å². The first-order valence-electron chi connectivity index (χ1n) is 8.70. The van der Waals surface area contributed by atoms with Crippen LogP contribution in [0.15, 0.2) is 29.8 Å². The third-order valence-electron chi connectivity index (χ3n) is 5.34. The molecule has 2 saturated carbocycles. The average Bonchev–Trinajstić information content (AvgIpc) is 2.59. The summed E-state index contributed by atoms with van der Waals surface area (Å²) in [6.07, 6.45) is 10.4. The molecule has 0 aromatic heterocycles. The van der Waals surface area contributed by atoms with Gasteiger partial charge in [0, 0.05) is 0 Å². The summed E-state index contributed by atoms with van der Waals surface area (Å²) in [5.41, 5.74) is 1.90. The Bertz CT molecular complexity index is 587. The van der Waals surface area contributed by atoms with Gasteiger partial charge in [-0.25, -0.2) is 0 Å². The van der Waals surface area contributed by atoms with Crippen LogP contribution >= 0.6 is 11.6 Å². The van der Waals surface area contributed by atoms with Gasteiger partial charge in [-0.3, -0.25) is 4.79 Å². The van der Waals surface area contributed by atoms with Gasteiger partial charge in [-0.1, -0.05) is 44.2 Å². The van der Waals surface area contributed by atoms with Crippen LogP contribution in [-0.2, 0) is 4.79 Å². The molecular weight excluding hydrogens is 308 g/mol. The Morgan fingerprint density at radius 3 is 2.70 bits per heavy atom. The van der Waals surface area contributed by atoms with Crippen LogP contribution in [0.4, 0.5) is 0 Å². The zero-order valence-electron chi connectivity index (χ0n) is 13.8. The van der Waals surface area contributed by atoms with Crippen molar-refractivity contribution >= 4 is 23.5 Å². The molecule has 124 valence electrons. The number of carbonyl (C=O) groups is 1. The van der Waals surface area contributed by atoms with E-state index in [9.17, 15) is 4.79 Å². The Hall–Kier alpha value is -1.28. The van der Waals surface area contributed by atoms with Crippen molar-refractivity contribution < 1.29 is 9.53 Å². The molecule has 0 saturated heterocycles. The van der Waals surface area contributed by atoms with Crippen LogP contribution in [0.25, 0.3) is 6.08 Å². The van der Waals surface area contributed by atoms with Gasteiger partial charge in [0.25, 0.3) is 0 Å². The molecule has 0 heterocycles. The molecule has 0 radical (unpaired) electrons. The molecule has 1 aromatic rings. The fourth-order valence-electron chi connectivity index (χ4n) is 4.07. The van der Waals surface area contributed by atoms with Crippen molar-refractivity contribution in [2.45, 2.75) is 50.3 Å². The van der Waals surface area contributed by atoms with E-state index in [-0.39, 0.29) is 11.2 Å². The summed E-state index contributed by atoms with van der Waals surface area (Å²) in [4.78, 5) is 12.5. The molecule has 23 heavy (non-hydrogen) atoms. The van der Waals surface area contributed by atoms with Crippen molar-refractivity contribution in [2.75, 3.05) is 7.11 Å². The predicted molar refractivity (Wildman–Crippen MR) is 94.9 cm³/mol. The molecule has 2 aliphatic rings. The number of benzene rings is 1. The van der Waals surface area contributed by atoms with Gasteiger partial charge in [0.05, 0.1) is 12.5 Å². The van der Waals surface area contributed by atoms with Crippen LogP contribution in [0, 0.1) is 11.8 Å². The predicted octanol–water partition coefficient (Wildman–Crippen LogP) is 5.25. The first kappa shape index (κ1) is 16.6. The van der Waals surface area contributed by atoms with E-state index in [1.807, 2.05) is 30.3 Å².